The van der Waals surface area contributed by atoms with Crippen molar-refractivity contribution >= 4 is 34.7 Å². The van der Waals surface area contributed by atoms with Crippen LogP contribution in [0.25, 0.3) is 5.76 Å². The number of aliphatic hydroxyl groups is 1. The zero-order chi connectivity index (χ0) is 25.3. The SMILES string of the molecule is COc1ccc(Cl)cc1/C(O)=C1\C(=O)C(=O)N(c2ccc(OC(F)(F)F)cc2)C1c1ccccn1. The summed E-state index contributed by atoms with van der Waals surface area (Å²) < 4.78 is 46.8. The van der Waals surface area contributed by atoms with E-state index < -0.39 is 35.6 Å². The van der Waals surface area contributed by atoms with Crippen LogP contribution in [-0.2, 0) is 9.59 Å². The Kier molecular flexibility index (Phi) is 6.40. The predicted molar refractivity (Wildman–Crippen MR) is 120 cm³/mol. The van der Waals surface area contributed by atoms with Crippen molar-refractivity contribution in [1.82, 2.24) is 4.98 Å². The molecule has 1 atom stereocenters. The summed E-state index contributed by atoms with van der Waals surface area (Å²) in [5.41, 5.74) is 0.122. The van der Waals surface area contributed by atoms with Gasteiger partial charge in [0.05, 0.1) is 23.9 Å². The van der Waals surface area contributed by atoms with Crippen molar-refractivity contribution in [2.24, 2.45) is 0 Å². The van der Waals surface area contributed by atoms with Crippen molar-refractivity contribution in [3.05, 3.63) is 88.7 Å². The molecule has 0 aliphatic carbocycles. The maximum atomic E-state index is 13.1. The van der Waals surface area contributed by atoms with Gasteiger partial charge in [-0.15, -0.1) is 13.2 Å². The maximum Gasteiger partial charge on any atom is 0.573 e. The minimum Gasteiger partial charge on any atom is -0.507 e. The van der Waals surface area contributed by atoms with Gasteiger partial charge in [0.15, 0.2) is 0 Å². The van der Waals surface area contributed by atoms with Crippen molar-refractivity contribution in [3.8, 4) is 11.5 Å². The molecule has 1 unspecified atom stereocenters. The van der Waals surface area contributed by atoms with Gasteiger partial charge in [-0.1, -0.05) is 17.7 Å². The van der Waals surface area contributed by atoms with Crippen LogP contribution in [0.3, 0.4) is 0 Å². The van der Waals surface area contributed by atoms with Crippen molar-refractivity contribution in [1.29, 1.82) is 0 Å². The number of ketones is 1. The standard InChI is InChI=1S/C24H16ClF3N2O5/c1-34-18-10-5-13(25)12-16(18)21(31)19-20(17-4-2-3-11-29-17)30(23(33)22(19)32)14-6-8-15(9-7-14)35-24(26,27)28/h2-12,20,31H,1H3/b21-19+. The summed E-state index contributed by atoms with van der Waals surface area (Å²) in [6.07, 6.45) is -3.45. The number of nitrogens with zero attached hydrogens (tertiary/aromatic N) is 2. The van der Waals surface area contributed by atoms with Crippen LogP contribution in [0, 0.1) is 0 Å². The second kappa shape index (κ2) is 9.30. The van der Waals surface area contributed by atoms with E-state index in [2.05, 4.69) is 9.72 Å². The fourth-order valence-corrected chi connectivity index (χ4v) is 3.91. The van der Waals surface area contributed by atoms with Gasteiger partial charge in [0.2, 0.25) is 0 Å². The van der Waals surface area contributed by atoms with Crippen LogP contribution in [0.15, 0.2) is 72.4 Å². The molecule has 1 aliphatic heterocycles. The number of aliphatic hydroxyl groups excluding tert-OH is 1. The third kappa shape index (κ3) is 4.78. The largest absolute Gasteiger partial charge is 0.573 e. The summed E-state index contributed by atoms with van der Waals surface area (Å²) in [5, 5.41) is 11.4. The van der Waals surface area contributed by atoms with Gasteiger partial charge < -0.3 is 14.6 Å². The van der Waals surface area contributed by atoms with Gasteiger partial charge in [0, 0.05) is 16.9 Å². The number of aromatic nitrogens is 1. The highest BCUT2D eigenvalue weighted by Crippen LogP contribution is 2.43. The van der Waals surface area contributed by atoms with Gasteiger partial charge in [-0.05, 0) is 54.6 Å². The summed E-state index contributed by atoms with van der Waals surface area (Å²) in [6.45, 7) is 0. The number of Topliss-reactive ketones (excluding diaryl/α,β-unsaturated/α-hetero) is 1. The molecule has 35 heavy (non-hydrogen) atoms. The van der Waals surface area contributed by atoms with Crippen molar-refractivity contribution in [3.63, 3.8) is 0 Å². The van der Waals surface area contributed by atoms with Crippen LogP contribution in [0.5, 0.6) is 11.5 Å². The van der Waals surface area contributed by atoms with Gasteiger partial charge in [-0.25, -0.2) is 0 Å². The summed E-state index contributed by atoms with van der Waals surface area (Å²) in [4.78, 5) is 31.5. The van der Waals surface area contributed by atoms with E-state index in [1.807, 2.05) is 0 Å². The fourth-order valence-electron chi connectivity index (χ4n) is 3.74. The molecule has 4 rings (SSSR count). The van der Waals surface area contributed by atoms with Crippen molar-refractivity contribution in [2.45, 2.75) is 12.4 Å². The zero-order valence-electron chi connectivity index (χ0n) is 17.9. The first kappa shape index (κ1) is 24.1. The third-order valence-electron chi connectivity index (χ3n) is 5.18. The van der Waals surface area contributed by atoms with Gasteiger partial charge in [-0.3, -0.25) is 19.5 Å². The molecule has 0 bridgehead atoms. The molecule has 1 aromatic heterocycles. The molecule has 1 saturated heterocycles. The van der Waals surface area contributed by atoms with Crippen molar-refractivity contribution < 1.29 is 37.3 Å². The Labute approximate surface area is 202 Å². The van der Waals surface area contributed by atoms with E-state index in [4.69, 9.17) is 16.3 Å². The van der Waals surface area contributed by atoms with E-state index in [1.54, 1.807) is 18.2 Å². The van der Waals surface area contributed by atoms with Crippen LogP contribution in [-0.4, -0.2) is 35.3 Å². The average Bonchev–Trinajstić information content (AvgIpc) is 3.09. The Morgan fingerprint density at radius 3 is 2.40 bits per heavy atom. The first-order chi connectivity index (χ1) is 16.6. The molecule has 7 nitrogen and oxygen atoms in total. The summed E-state index contributed by atoms with van der Waals surface area (Å²) >= 11 is 6.07. The lowest BCUT2D eigenvalue weighted by atomic mass is 9.97. The summed E-state index contributed by atoms with van der Waals surface area (Å²) in [6, 6.07) is 12.4. The molecule has 1 amide bonds. The quantitative estimate of drug-likeness (QED) is 0.289. The molecule has 0 spiro atoms. The number of hydrogen-bond acceptors (Lipinski definition) is 6. The van der Waals surface area contributed by atoms with Crippen LogP contribution in [0.2, 0.25) is 5.02 Å². The monoisotopic (exact) mass is 504 g/mol. The van der Waals surface area contributed by atoms with Gasteiger partial charge in [0.1, 0.15) is 23.3 Å². The number of amides is 1. The number of alkyl halides is 3. The maximum absolute atomic E-state index is 13.1. The lowest BCUT2D eigenvalue weighted by molar-refractivity contribution is -0.274. The molecule has 180 valence electrons. The number of hydrogen-bond donors (Lipinski definition) is 1. The van der Waals surface area contributed by atoms with Gasteiger partial charge >= 0.3 is 6.36 Å². The smallest absolute Gasteiger partial charge is 0.507 e. The number of anilines is 1. The van der Waals surface area contributed by atoms with Crippen molar-refractivity contribution in [2.75, 3.05) is 12.0 Å². The third-order valence-corrected chi connectivity index (χ3v) is 5.41. The molecule has 2 heterocycles. The highest BCUT2D eigenvalue weighted by atomic mass is 35.5. The highest BCUT2D eigenvalue weighted by Gasteiger charge is 2.48. The average molecular weight is 505 g/mol. The number of ether oxygens (including phenoxy) is 2. The molecule has 0 saturated carbocycles. The van der Waals surface area contributed by atoms with Crippen LogP contribution in [0.4, 0.5) is 18.9 Å². The number of methoxy groups -OCH3 is 1. The number of carbonyl (C=O) groups excluding carboxylic acids is 2. The molecule has 1 aliphatic rings. The number of benzene rings is 2. The molecule has 2 aromatic carbocycles. The molecular formula is C24H16ClF3N2O5. The van der Waals surface area contributed by atoms with Gasteiger partial charge in [-0.2, -0.15) is 0 Å². The second-order valence-electron chi connectivity index (χ2n) is 7.31. The highest BCUT2D eigenvalue weighted by molar-refractivity contribution is 6.51. The number of rotatable bonds is 5. The van der Waals surface area contributed by atoms with Crippen LogP contribution in [0.1, 0.15) is 17.3 Å². The Balaban J connectivity index is 1.88. The van der Waals surface area contributed by atoms with E-state index in [1.165, 1.54) is 43.6 Å². The van der Waals surface area contributed by atoms with E-state index in [9.17, 15) is 27.9 Å². The van der Waals surface area contributed by atoms with E-state index in [0.29, 0.717) is 0 Å². The second-order valence-corrected chi connectivity index (χ2v) is 7.75. The zero-order valence-corrected chi connectivity index (χ0v) is 18.7. The lowest BCUT2D eigenvalue weighted by Gasteiger charge is -2.25. The Morgan fingerprint density at radius 2 is 1.80 bits per heavy atom. The van der Waals surface area contributed by atoms with Crippen LogP contribution >= 0.6 is 11.6 Å². The van der Waals surface area contributed by atoms with Crippen LogP contribution < -0.4 is 14.4 Å². The minimum atomic E-state index is -4.89. The first-order valence-electron chi connectivity index (χ1n) is 10.0. The Bertz CT molecular complexity index is 1310. The number of carbonyl (C=O) groups is 2. The molecule has 11 heteroatoms. The number of halogens is 4. The minimum absolute atomic E-state index is 0.0767. The topological polar surface area (TPSA) is 89.0 Å². The fraction of sp³-hybridized carbons (Fsp3) is 0.125. The summed E-state index contributed by atoms with van der Waals surface area (Å²) in [7, 11) is 1.36. The summed E-state index contributed by atoms with van der Waals surface area (Å²) in [5.74, 6) is -2.87. The first-order valence-corrected chi connectivity index (χ1v) is 10.4. The molecule has 0 radical (unpaired) electrons. The van der Waals surface area contributed by atoms with E-state index in [0.717, 1.165) is 17.0 Å². The van der Waals surface area contributed by atoms with E-state index in [-0.39, 0.29) is 33.3 Å². The normalized spacial score (nSPS) is 17.5. The predicted octanol–water partition coefficient (Wildman–Crippen LogP) is 5.27. The molecule has 1 fully saturated rings. The number of pyridine rings is 1. The Hall–Kier alpha value is -4.05. The molecule has 3 aromatic rings. The van der Waals surface area contributed by atoms with E-state index >= 15 is 0 Å². The molecular weight excluding hydrogens is 489 g/mol. The Morgan fingerprint density at radius 1 is 1.09 bits per heavy atom. The lowest BCUT2D eigenvalue weighted by Crippen LogP contribution is -2.29. The molecule has 1 N–H and O–H groups in total. The van der Waals surface area contributed by atoms with Gasteiger partial charge in [0.25, 0.3) is 11.7 Å².